The molecule has 4 aromatic rings. The Labute approximate surface area is 140 Å². The third kappa shape index (κ3) is 2.17. The molecule has 0 amide bonds. The first-order chi connectivity index (χ1) is 11.3. The van der Waals surface area contributed by atoms with Crippen LogP contribution in [0, 0.1) is 6.92 Å². The Morgan fingerprint density at radius 3 is 1.88 bits per heavy atom. The summed E-state index contributed by atoms with van der Waals surface area (Å²) in [6, 6.07) is 8.65. The molecule has 0 N–H and O–H groups in total. The van der Waals surface area contributed by atoms with E-state index in [2.05, 4.69) is 0 Å². The molecular weight excluding hydrogens is 359 g/mol. The summed E-state index contributed by atoms with van der Waals surface area (Å²) in [6.07, 6.45) is -5.02. The highest BCUT2D eigenvalue weighted by Gasteiger charge is 2.36. The first kappa shape index (κ1) is 15.3. The van der Waals surface area contributed by atoms with E-state index in [0.717, 1.165) is 15.0 Å². The summed E-state index contributed by atoms with van der Waals surface area (Å²) in [6.45, 7) is 1.95. The topological polar surface area (TPSA) is 39.1 Å². The predicted molar refractivity (Wildman–Crippen MR) is 91.3 cm³/mol. The van der Waals surface area contributed by atoms with Crippen molar-refractivity contribution in [1.29, 1.82) is 0 Å². The fourth-order valence-electron chi connectivity index (χ4n) is 2.65. The number of alkyl halides is 3. The average Bonchev–Trinajstić information content (AvgIpc) is 2.74. The molecule has 0 atom stereocenters. The Balaban J connectivity index is 2.17. The second-order valence-electron chi connectivity index (χ2n) is 5.41. The van der Waals surface area contributed by atoms with Gasteiger partial charge in [0.1, 0.15) is 0 Å². The van der Waals surface area contributed by atoms with E-state index in [4.69, 9.17) is 0 Å². The van der Waals surface area contributed by atoms with Gasteiger partial charge >= 0.3 is 6.30 Å². The van der Waals surface area contributed by atoms with Gasteiger partial charge in [-0.05, 0) is 36.8 Å². The highest BCUT2D eigenvalue weighted by molar-refractivity contribution is 7.36. The summed E-state index contributed by atoms with van der Waals surface area (Å²) in [7, 11) is 0. The number of hydrogen-bond donors (Lipinski definition) is 0. The maximum atomic E-state index is 12.9. The van der Waals surface area contributed by atoms with Crippen molar-refractivity contribution in [2.45, 2.75) is 13.2 Å². The molecular formula is C16H8F3NO2S2. The van der Waals surface area contributed by atoms with Gasteiger partial charge in [0.2, 0.25) is 0 Å². The molecule has 0 aliphatic rings. The van der Waals surface area contributed by atoms with E-state index >= 15 is 0 Å². The minimum Gasteiger partial charge on any atom is -0.268 e. The van der Waals surface area contributed by atoms with Crippen molar-refractivity contribution >= 4 is 52.2 Å². The molecule has 2 heterocycles. The first-order valence-electron chi connectivity index (χ1n) is 6.86. The average molecular weight is 367 g/mol. The van der Waals surface area contributed by atoms with Crippen LogP contribution in [0.5, 0.6) is 0 Å². The van der Waals surface area contributed by atoms with E-state index in [-0.39, 0.29) is 10.8 Å². The first-order valence-corrected chi connectivity index (χ1v) is 8.49. The van der Waals surface area contributed by atoms with Crippen molar-refractivity contribution in [2.75, 3.05) is 0 Å². The monoisotopic (exact) mass is 367 g/mol. The lowest BCUT2D eigenvalue weighted by Crippen LogP contribution is -2.35. The summed E-state index contributed by atoms with van der Waals surface area (Å²) < 4.78 is 41.5. The molecule has 122 valence electrons. The molecule has 0 fully saturated rings. The Morgan fingerprint density at radius 1 is 0.833 bits per heavy atom. The van der Waals surface area contributed by atoms with Crippen molar-refractivity contribution < 1.29 is 13.2 Å². The van der Waals surface area contributed by atoms with E-state index in [1.54, 1.807) is 0 Å². The molecule has 0 spiro atoms. The molecule has 3 nitrogen and oxygen atoms in total. The summed E-state index contributed by atoms with van der Waals surface area (Å²) >= 11 is 2.78. The summed E-state index contributed by atoms with van der Waals surface area (Å²) in [4.78, 5) is 24.0. The van der Waals surface area contributed by atoms with E-state index in [1.165, 1.54) is 34.8 Å². The van der Waals surface area contributed by atoms with Gasteiger partial charge in [-0.25, -0.2) is 0 Å². The van der Waals surface area contributed by atoms with Gasteiger partial charge < -0.3 is 0 Å². The van der Waals surface area contributed by atoms with Crippen LogP contribution in [-0.4, -0.2) is 4.57 Å². The van der Waals surface area contributed by atoms with Crippen LogP contribution in [0.25, 0.3) is 29.6 Å². The van der Waals surface area contributed by atoms with E-state index in [1.807, 2.05) is 25.1 Å². The minimum absolute atomic E-state index is 0.194. The van der Waals surface area contributed by atoms with Crippen LogP contribution < -0.4 is 11.1 Å². The number of fused-ring (bicyclic) bond motifs is 3. The van der Waals surface area contributed by atoms with Crippen molar-refractivity contribution in [3.8, 4) is 0 Å². The Morgan fingerprint density at radius 2 is 1.33 bits per heavy atom. The minimum atomic E-state index is -5.02. The molecule has 0 saturated carbocycles. The molecule has 24 heavy (non-hydrogen) atoms. The van der Waals surface area contributed by atoms with Gasteiger partial charge in [0, 0.05) is 18.8 Å². The Kier molecular flexibility index (Phi) is 3.14. The zero-order valence-electron chi connectivity index (χ0n) is 12.1. The number of rotatable bonds is 0. The van der Waals surface area contributed by atoms with Crippen LogP contribution in [0.2, 0.25) is 0 Å². The van der Waals surface area contributed by atoms with Crippen LogP contribution in [0.4, 0.5) is 13.2 Å². The smallest absolute Gasteiger partial charge is 0.268 e. The lowest BCUT2D eigenvalue weighted by atomic mass is 10.2. The van der Waals surface area contributed by atoms with Crippen molar-refractivity contribution in [1.82, 2.24) is 4.57 Å². The summed E-state index contributed by atoms with van der Waals surface area (Å²) in [5, 5.41) is -0.389. The summed E-state index contributed by atoms with van der Waals surface area (Å²) in [5.74, 6) is 0. The largest absolute Gasteiger partial charge is 0.494 e. The highest BCUT2D eigenvalue weighted by atomic mass is 32.1. The number of aryl methyl sites for hydroxylation is 1. The predicted octanol–water partition coefficient (Wildman–Crippen LogP) is 4.58. The van der Waals surface area contributed by atoms with Crippen LogP contribution >= 0.6 is 22.7 Å². The van der Waals surface area contributed by atoms with Crippen molar-refractivity contribution in [2.24, 2.45) is 0 Å². The van der Waals surface area contributed by atoms with Gasteiger partial charge in [-0.2, -0.15) is 4.57 Å². The molecule has 0 aliphatic heterocycles. The number of halogens is 3. The number of nitrogens with zero attached hydrogens (tertiary/aromatic N) is 1. The standard InChI is InChI=1S/C16H8F3NO2S2/c1-7-2-3-10-11(4-7)24-13-6-9-8(5-12(13)23-10)14(21)20(15(9)22)16(17,18)19/h2-6H,1H3. The third-order valence-electron chi connectivity index (χ3n) is 3.74. The van der Waals surface area contributed by atoms with E-state index in [0.29, 0.717) is 9.40 Å². The van der Waals surface area contributed by atoms with Gasteiger partial charge in [-0.15, -0.1) is 35.8 Å². The fourth-order valence-corrected chi connectivity index (χ4v) is 5.01. The zero-order valence-corrected chi connectivity index (χ0v) is 13.7. The van der Waals surface area contributed by atoms with Gasteiger partial charge in [0.15, 0.2) is 0 Å². The molecule has 0 aliphatic carbocycles. The van der Waals surface area contributed by atoms with Crippen LogP contribution in [0.1, 0.15) is 5.56 Å². The van der Waals surface area contributed by atoms with Crippen molar-refractivity contribution in [3.63, 3.8) is 0 Å². The van der Waals surface area contributed by atoms with Gasteiger partial charge in [-0.1, -0.05) is 6.07 Å². The lowest BCUT2D eigenvalue weighted by Gasteiger charge is -2.03. The normalized spacial score (nSPS) is 12.5. The van der Waals surface area contributed by atoms with E-state index in [9.17, 15) is 22.8 Å². The second-order valence-corrected chi connectivity index (χ2v) is 7.58. The van der Waals surface area contributed by atoms with Gasteiger partial charge in [-0.3, -0.25) is 9.59 Å². The second kappa shape index (κ2) is 4.90. The maximum Gasteiger partial charge on any atom is 0.494 e. The molecule has 2 aromatic carbocycles. The quantitative estimate of drug-likeness (QED) is 0.427. The number of aromatic nitrogens is 1. The van der Waals surface area contributed by atoms with Gasteiger partial charge in [0.05, 0.1) is 10.8 Å². The molecule has 2 aromatic heterocycles. The fraction of sp³-hybridized carbons (Fsp3) is 0.125. The SMILES string of the molecule is Cc1ccc2sc3cc4c(=O)n(C(F)(F)F)c(=O)c4cc3sc2c1. The molecule has 0 unspecified atom stereocenters. The van der Waals surface area contributed by atoms with Crippen LogP contribution in [0.15, 0.2) is 39.9 Å². The van der Waals surface area contributed by atoms with Crippen molar-refractivity contribution in [3.05, 3.63) is 56.6 Å². The molecule has 0 saturated heterocycles. The molecule has 0 bridgehead atoms. The van der Waals surface area contributed by atoms with Crippen LogP contribution in [0.3, 0.4) is 0 Å². The van der Waals surface area contributed by atoms with Gasteiger partial charge in [0.25, 0.3) is 11.1 Å². The van der Waals surface area contributed by atoms with E-state index < -0.39 is 22.0 Å². The maximum absolute atomic E-state index is 12.9. The molecule has 4 rings (SSSR count). The zero-order chi connectivity index (χ0) is 17.2. The lowest BCUT2D eigenvalue weighted by molar-refractivity contribution is -0.207. The third-order valence-corrected chi connectivity index (χ3v) is 6.25. The Bertz CT molecular complexity index is 1250. The summed E-state index contributed by atoms with van der Waals surface area (Å²) in [5.41, 5.74) is -1.56. The molecule has 8 heteroatoms. The highest BCUT2D eigenvalue weighted by Crippen LogP contribution is 2.35. The Hall–Kier alpha value is -2.19. The number of hydrogen-bond acceptors (Lipinski definition) is 4. The molecule has 0 radical (unpaired) electrons. The number of benzene rings is 2. The van der Waals surface area contributed by atoms with Crippen LogP contribution in [-0.2, 0) is 6.30 Å².